The van der Waals surface area contributed by atoms with E-state index in [0.717, 1.165) is 5.56 Å². The second-order valence-electron chi connectivity index (χ2n) is 8.12. The first-order valence-corrected chi connectivity index (χ1v) is 12.4. The highest BCUT2D eigenvalue weighted by atomic mass is 32.2. The van der Waals surface area contributed by atoms with E-state index in [0.29, 0.717) is 50.5 Å². The van der Waals surface area contributed by atoms with Crippen molar-refractivity contribution in [3.05, 3.63) is 71.8 Å². The van der Waals surface area contributed by atoms with Crippen molar-refractivity contribution in [3.63, 3.8) is 0 Å². The maximum atomic E-state index is 13.3. The van der Waals surface area contributed by atoms with Crippen LogP contribution < -0.4 is 5.14 Å². The van der Waals surface area contributed by atoms with Crippen LogP contribution in [0.2, 0.25) is 0 Å². The first kappa shape index (κ1) is 23.6. The van der Waals surface area contributed by atoms with Gasteiger partial charge in [-0.05, 0) is 36.2 Å². The second-order valence-corrected chi connectivity index (χ2v) is 9.68. The molecule has 0 radical (unpaired) electrons. The fourth-order valence-electron chi connectivity index (χ4n) is 3.89. The molecule has 0 spiro atoms. The van der Waals surface area contributed by atoms with E-state index in [4.69, 9.17) is 5.14 Å². The Balaban J connectivity index is 1.66. The number of amides is 2. The molecule has 2 aromatic carbocycles. The van der Waals surface area contributed by atoms with E-state index < -0.39 is 10.0 Å². The van der Waals surface area contributed by atoms with Gasteiger partial charge in [0.05, 0.1) is 10.6 Å². The Hall–Kier alpha value is -3.57. The molecule has 34 heavy (non-hydrogen) atoms. The van der Waals surface area contributed by atoms with Gasteiger partial charge in [0.1, 0.15) is 5.82 Å². The molecule has 2 amide bonds. The monoisotopic (exact) mass is 482 g/mol. The van der Waals surface area contributed by atoms with Crippen LogP contribution in [0.1, 0.15) is 35.4 Å². The Morgan fingerprint density at radius 3 is 2.24 bits per heavy atom. The number of primary sulfonamides is 1. The summed E-state index contributed by atoms with van der Waals surface area (Å²) in [6, 6.07) is 15.6. The third-order valence-corrected chi connectivity index (χ3v) is 6.64. The highest BCUT2D eigenvalue weighted by Crippen LogP contribution is 2.18. The molecule has 1 aliphatic rings. The standard InChI is InChI=1S/C23H26N6O4S/c1-17(30)27-12-5-13-28(15-14-27)23(31)22-25-21(16-18-6-3-2-4-7-18)29(26-22)19-8-10-20(11-9-19)34(24,32)33/h2-4,6-11H,5,12-16H2,1H3,(H2,24,32,33). The van der Waals surface area contributed by atoms with Crippen LogP contribution in [-0.2, 0) is 21.2 Å². The number of sulfonamides is 1. The summed E-state index contributed by atoms with van der Waals surface area (Å²) in [5, 5.41) is 9.69. The summed E-state index contributed by atoms with van der Waals surface area (Å²) in [4.78, 5) is 32.9. The van der Waals surface area contributed by atoms with Crippen LogP contribution in [-0.4, -0.2) is 71.0 Å². The zero-order valence-electron chi connectivity index (χ0n) is 18.8. The van der Waals surface area contributed by atoms with E-state index in [2.05, 4.69) is 10.1 Å². The van der Waals surface area contributed by atoms with Crippen LogP contribution >= 0.6 is 0 Å². The summed E-state index contributed by atoms with van der Waals surface area (Å²) in [5.41, 5.74) is 1.55. The van der Waals surface area contributed by atoms with Crippen molar-refractivity contribution in [1.29, 1.82) is 0 Å². The summed E-state index contributed by atoms with van der Waals surface area (Å²) in [6.45, 7) is 3.51. The number of hydrogen-bond donors (Lipinski definition) is 1. The smallest absolute Gasteiger partial charge is 0.293 e. The third-order valence-electron chi connectivity index (χ3n) is 5.71. The lowest BCUT2D eigenvalue weighted by molar-refractivity contribution is -0.128. The average molecular weight is 483 g/mol. The van der Waals surface area contributed by atoms with Gasteiger partial charge in [0.2, 0.25) is 21.8 Å². The molecule has 0 unspecified atom stereocenters. The molecule has 3 aromatic rings. The number of benzene rings is 2. The molecule has 11 heteroatoms. The molecule has 1 aromatic heterocycles. The van der Waals surface area contributed by atoms with Gasteiger partial charge in [0.25, 0.3) is 5.91 Å². The van der Waals surface area contributed by atoms with Gasteiger partial charge in [-0.25, -0.2) is 23.2 Å². The van der Waals surface area contributed by atoms with Crippen LogP contribution in [0, 0.1) is 0 Å². The van der Waals surface area contributed by atoms with Gasteiger partial charge in [-0.2, -0.15) is 0 Å². The Morgan fingerprint density at radius 2 is 1.59 bits per heavy atom. The van der Waals surface area contributed by atoms with E-state index in [1.807, 2.05) is 30.3 Å². The minimum Gasteiger partial charge on any atom is -0.341 e. The van der Waals surface area contributed by atoms with Crippen LogP contribution in [0.5, 0.6) is 0 Å². The van der Waals surface area contributed by atoms with Crippen molar-refractivity contribution in [3.8, 4) is 5.69 Å². The first-order valence-electron chi connectivity index (χ1n) is 10.9. The maximum Gasteiger partial charge on any atom is 0.293 e. The van der Waals surface area contributed by atoms with Gasteiger partial charge in [-0.1, -0.05) is 30.3 Å². The molecule has 1 fully saturated rings. The lowest BCUT2D eigenvalue weighted by Crippen LogP contribution is -2.37. The number of carbonyl (C=O) groups is 2. The van der Waals surface area contributed by atoms with E-state index in [1.54, 1.807) is 26.6 Å². The zero-order valence-corrected chi connectivity index (χ0v) is 19.6. The van der Waals surface area contributed by atoms with Gasteiger partial charge in [0, 0.05) is 39.5 Å². The Bertz CT molecular complexity index is 1290. The minimum absolute atomic E-state index is 0.00945. The van der Waals surface area contributed by atoms with Crippen molar-refractivity contribution in [2.45, 2.75) is 24.7 Å². The Kier molecular flexibility index (Phi) is 6.75. The Labute approximate surface area is 198 Å². The molecule has 0 saturated carbocycles. The van der Waals surface area contributed by atoms with E-state index >= 15 is 0 Å². The number of nitrogens with two attached hydrogens (primary N) is 1. The van der Waals surface area contributed by atoms with Gasteiger partial charge in [-0.3, -0.25) is 9.59 Å². The topological polar surface area (TPSA) is 131 Å². The Morgan fingerprint density at radius 1 is 0.941 bits per heavy atom. The lowest BCUT2D eigenvalue weighted by Gasteiger charge is -2.20. The fraction of sp³-hybridized carbons (Fsp3) is 0.304. The molecule has 10 nitrogen and oxygen atoms in total. The highest BCUT2D eigenvalue weighted by Gasteiger charge is 2.26. The van der Waals surface area contributed by atoms with E-state index in [1.165, 1.54) is 19.1 Å². The molecule has 178 valence electrons. The second kappa shape index (κ2) is 9.74. The summed E-state index contributed by atoms with van der Waals surface area (Å²) in [5.74, 6) is 0.278. The third kappa shape index (κ3) is 5.32. The van der Waals surface area contributed by atoms with E-state index in [-0.39, 0.29) is 22.5 Å². The molecular weight excluding hydrogens is 456 g/mol. The minimum atomic E-state index is -3.83. The molecule has 2 heterocycles. The molecule has 0 atom stereocenters. The lowest BCUT2D eigenvalue weighted by atomic mass is 10.1. The number of rotatable bonds is 5. The number of hydrogen-bond acceptors (Lipinski definition) is 6. The summed E-state index contributed by atoms with van der Waals surface area (Å²) in [7, 11) is -3.83. The predicted molar refractivity (Wildman–Crippen MR) is 125 cm³/mol. The summed E-state index contributed by atoms with van der Waals surface area (Å²) < 4.78 is 24.8. The molecule has 4 rings (SSSR count). The van der Waals surface area contributed by atoms with Crippen LogP contribution in [0.4, 0.5) is 0 Å². The van der Waals surface area contributed by atoms with Crippen molar-refractivity contribution >= 4 is 21.8 Å². The number of aromatic nitrogens is 3. The quantitative estimate of drug-likeness (QED) is 0.581. The average Bonchev–Trinajstić information content (AvgIpc) is 3.06. The number of carbonyl (C=O) groups excluding carboxylic acids is 2. The van der Waals surface area contributed by atoms with Crippen LogP contribution in [0.3, 0.4) is 0 Å². The molecule has 0 bridgehead atoms. The predicted octanol–water partition coefficient (Wildman–Crippen LogP) is 1.20. The van der Waals surface area contributed by atoms with Crippen molar-refractivity contribution < 1.29 is 18.0 Å². The van der Waals surface area contributed by atoms with E-state index in [9.17, 15) is 18.0 Å². The molecule has 1 saturated heterocycles. The van der Waals surface area contributed by atoms with Crippen molar-refractivity contribution in [1.82, 2.24) is 24.6 Å². The van der Waals surface area contributed by atoms with Gasteiger partial charge >= 0.3 is 0 Å². The maximum absolute atomic E-state index is 13.3. The van der Waals surface area contributed by atoms with Gasteiger partial charge < -0.3 is 9.80 Å². The molecular formula is C23H26N6O4S. The fourth-order valence-corrected chi connectivity index (χ4v) is 4.40. The summed E-state index contributed by atoms with van der Waals surface area (Å²) >= 11 is 0. The van der Waals surface area contributed by atoms with Crippen LogP contribution in [0.15, 0.2) is 59.5 Å². The molecule has 1 aliphatic heterocycles. The molecule has 0 aliphatic carbocycles. The zero-order chi connectivity index (χ0) is 24.3. The highest BCUT2D eigenvalue weighted by molar-refractivity contribution is 7.89. The van der Waals surface area contributed by atoms with Crippen molar-refractivity contribution in [2.75, 3.05) is 26.2 Å². The van der Waals surface area contributed by atoms with Gasteiger partial charge in [-0.15, -0.1) is 5.10 Å². The van der Waals surface area contributed by atoms with Crippen molar-refractivity contribution in [2.24, 2.45) is 5.14 Å². The van der Waals surface area contributed by atoms with Crippen LogP contribution in [0.25, 0.3) is 5.69 Å². The summed E-state index contributed by atoms with van der Waals surface area (Å²) in [6.07, 6.45) is 1.11. The first-order chi connectivity index (χ1) is 16.2. The largest absolute Gasteiger partial charge is 0.341 e. The van der Waals surface area contributed by atoms with Gasteiger partial charge in [0.15, 0.2) is 0 Å². The molecule has 2 N–H and O–H groups in total. The normalized spacial score (nSPS) is 14.6. The number of nitrogens with zero attached hydrogens (tertiary/aromatic N) is 5. The SMILES string of the molecule is CC(=O)N1CCCN(C(=O)c2nc(Cc3ccccc3)n(-c3ccc(S(N)(=O)=O)cc3)n2)CC1.